The molecule has 1 unspecified atom stereocenters. The Morgan fingerprint density at radius 2 is 1.88 bits per heavy atom. The van der Waals surface area contributed by atoms with Gasteiger partial charge in [0.2, 0.25) is 5.78 Å². The second-order valence-electron chi connectivity index (χ2n) is 9.06. The third-order valence-corrected chi connectivity index (χ3v) is 5.15. The van der Waals surface area contributed by atoms with E-state index in [2.05, 4.69) is 10.3 Å². The number of para-hydroxylation sites is 2. The van der Waals surface area contributed by atoms with Gasteiger partial charge in [-0.1, -0.05) is 39.8 Å². The predicted molar refractivity (Wildman–Crippen MR) is 117 cm³/mol. The molecule has 2 heterocycles. The van der Waals surface area contributed by atoms with E-state index in [1.165, 1.54) is 4.90 Å². The van der Waals surface area contributed by atoms with Crippen LogP contribution in [0.4, 0.5) is 4.79 Å². The van der Waals surface area contributed by atoms with Crippen molar-refractivity contribution in [3.8, 4) is 0 Å². The summed E-state index contributed by atoms with van der Waals surface area (Å²) in [6.45, 7) is 9.34. The molecule has 0 saturated carbocycles. The number of oxazole rings is 1. The maximum atomic E-state index is 13.1. The quantitative estimate of drug-likeness (QED) is 0.652. The summed E-state index contributed by atoms with van der Waals surface area (Å²) in [5.74, 6) is -1.00. The average Bonchev–Trinajstić information content (AvgIpc) is 3.20. The number of hydrogen-bond acceptors (Lipinski definition) is 7. The number of aromatic nitrogens is 1. The molecule has 2 atom stereocenters. The lowest BCUT2D eigenvalue weighted by molar-refractivity contribution is -0.132. The molecule has 1 saturated heterocycles. The molecular formula is C23H31N3O6. The third kappa shape index (κ3) is 6.06. The Hall–Kier alpha value is -2.94. The highest BCUT2D eigenvalue weighted by Crippen LogP contribution is 2.24. The molecule has 1 fully saturated rings. The second-order valence-corrected chi connectivity index (χ2v) is 9.06. The Labute approximate surface area is 187 Å². The lowest BCUT2D eigenvalue weighted by atomic mass is 9.88. The largest absolute Gasteiger partial charge is 0.436 e. The molecule has 0 aliphatic carbocycles. The summed E-state index contributed by atoms with van der Waals surface area (Å²) in [5, 5.41) is 2.73. The Kier molecular flexibility index (Phi) is 7.50. The first kappa shape index (κ1) is 23.7. The highest BCUT2D eigenvalue weighted by molar-refractivity contribution is 6.00. The van der Waals surface area contributed by atoms with Crippen molar-refractivity contribution in [2.45, 2.75) is 52.7 Å². The number of rotatable bonds is 7. The zero-order valence-electron chi connectivity index (χ0n) is 19.1. The van der Waals surface area contributed by atoms with Crippen LogP contribution in [0.3, 0.4) is 0 Å². The van der Waals surface area contributed by atoms with Crippen LogP contribution < -0.4 is 5.32 Å². The van der Waals surface area contributed by atoms with E-state index in [1.54, 1.807) is 31.2 Å². The van der Waals surface area contributed by atoms with Crippen molar-refractivity contribution in [1.29, 1.82) is 0 Å². The molecule has 32 heavy (non-hydrogen) atoms. The molecule has 0 bridgehead atoms. The number of nitrogens with zero attached hydrogens (tertiary/aromatic N) is 2. The fourth-order valence-corrected chi connectivity index (χ4v) is 3.43. The van der Waals surface area contributed by atoms with Gasteiger partial charge < -0.3 is 24.1 Å². The number of nitrogens with one attached hydrogen (secondary N) is 1. The van der Waals surface area contributed by atoms with Gasteiger partial charge in [0.15, 0.2) is 11.7 Å². The molecule has 1 aliphatic heterocycles. The van der Waals surface area contributed by atoms with E-state index in [-0.39, 0.29) is 11.3 Å². The van der Waals surface area contributed by atoms with Gasteiger partial charge in [0.25, 0.3) is 11.8 Å². The zero-order valence-corrected chi connectivity index (χ0v) is 19.1. The molecule has 0 radical (unpaired) electrons. The smallest absolute Gasteiger partial charge is 0.410 e. The van der Waals surface area contributed by atoms with Crippen LogP contribution in [0.25, 0.3) is 11.1 Å². The average molecular weight is 446 g/mol. The summed E-state index contributed by atoms with van der Waals surface area (Å²) in [5.41, 5.74) is 0.795. The van der Waals surface area contributed by atoms with Gasteiger partial charge in [-0.05, 0) is 30.4 Å². The summed E-state index contributed by atoms with van der Waals surface area (Å²) in [6, 6.07) is 6.22. The molecule has 3 rings (SSSR count). The van der Waals surface area contributed by atoms with Crippen LogP contribution in [0.1, 0.15) is 51.2 Å². The van der Waals surface area contributed by atoms with Crippen LogP contribution in [-0.2, 0) is 14.3 Å². The molecule has 9 heteroatoms. The molecule has 1 aromatic carbocycles. The van der Waals surface area contributed by atoms with Crippen molar-refractivity contribution >= 4 is 28.9 Å². The third-order valence-electron chi connectivity index (χ3n) is 5.15. The lowest BCUT2D eigenvalue weighted by Gasteiger charge is -2.30. The Bertz CT molecular complexity index is 925. The standard InChI is InChI=1S/C23H31N3O6/c1-5-15(19(27)21-25-16-8-6-7-9-17(16)31-21)24-20(28)18(14-23(2,3)4)32-22(29)26-10-12-30-13-11-26/h6-9,15,18H,5,10-14H2,1-4H3,(H,24,28)/t15-,18?/m0/s1. The number of ketones is 1. The van der Waals surface area contributed by atoms with Gasteiger partial charge in [-0.25, -0.2) is 9.78 Å². The maximum absolute atomic E-state index is 13.1. The van der Waals surface area contributed by atoms with Crippen LogP contribution in [0.2, 0.25) is 0 Å². The SMILES string of the molecule is CC[C@H](NC(=O)C(CC(C)(C)C)OC(=O)N1CCOCC1)C(=O)c1nc2ccccc2o1. The fourth-order valence-electron chi connectivity index (χ4n) is 3.43. The Morgan fingerprint density at radius 1 is 1.19 bits per heavy atom. The van der Waals surface area contributed by atoms with Crippen LogP contribution in [0.15, 0.2) is 28.7 Å². The van der Waals surface area contributed by atoms with E-state index in [0.717, 1.165) is 0 Å². The molecule has 1 N–H and O–H groups in total. The van der Waals surface area contributed by atoms with Crippen LogP contribution in [-0.4, -0.2) is 66.1 Å². The Balaban J connectivity index is 1.71. The molecule has 1 aliphatic rings. The summed E-state index contributed by atoms with van der Waals surface area (Å²) < 4.78 is 16.4. The monoisotopic (exact) mass is 445 g/mol. The first-order valence-electron chi connectivity index (χ1n) is 10.9. The van der Waals surface area contributed by atoms with Gasteiger partial charge in [0, 0.05) is 13.1 Å². The number of morpholine rings is 1. The molecule has 0 spiro atoms. The summed E-state index contributed by atoms with van der Waals surface area (Å²) in [6.07, 6.45) is -0.947. The number of Topliss-reactive ketones (excluding diaryl/α,β-unsaturated/α-hetero) is 1. The van der Waals surface area contributed by atoms with Crippen molar-refractivity contribution in [3.63, 3.8) is 0 Å². The van der Waals surface area contributed by atoms with Crippen molar-refractivity contribution in [2.24, 2.45) is 5.41 Å². The van der Waals surface area contributed by atoms with E-state index >= 15 is 0 Å². The minimum Gasteiger partial charge on any atom is -0.436 e. The zero-order chi connectivity index (χ0) is 23.3. The molecule has 1 aromatic heterocycles. The number of benzene rings is 1. The Morgan fingerprint density at radius 3 is 2.50 bits per heavy atom. The number of ether oxygens (including phenoxy) is 2. The van der Waals surface area contributed by atoms with Crippen LogP contribution in [0, 0.1) is 5.41 Å². The first-order valence-corrected chi connectivity index (χ1v) is 10.9. The van der Waals surface area contributed by atoms with Gasteiger partial charge in [-0.3, -0.25) is 9.59 Å². The summed E-state index contributed by atoms with van der Waals surface area (Å²) in [4.78, 5) is 44.4. The molecule has 2 aromatic rings. The maximum Gasteiger partial charge on any atom is 0.410 e. The van der Waals surface area contributed by atoms with E-state index in [0.29, 0.717) is 50.2 Å². The number of hydrogen-bond donors (Lipinski definition) is 1. The lowest BCUT2D eigenvalue weighted by Crippen LogP contribution is -2.49. The highest BCUT2D eigenvalue weighted by Gasteiger charge is 2.34. The first-order chi connectivity index (χ1) is 15.2. The van der Waals surface area contributed by atoms with Crippen LogP contribution in [0.5, 0.6) is 0 Å². The number of carbonyl (C=O) groups excluding carboxylic acids is 3. The topological polar surface area (TPSA) is 111 Å². The van der Waals surface area contributed by atoms with Gasteiger partial charge in [-0.15, -0.1) is 0 Å². The van der Waals surface area contributed by atoms with Gasteiger partial charge in [0.1, 0.15) is 5.52 Å². The molecule has 9 nitrogen and oxygen atoms in total. The van der Waals surface area contributed by atoms with E-state index in [9.17, 15) is 14.4 Å². The number of amides is 2. The summed E-state index contributed by atoms with van der Waals surface area (Å²) >= 11 is 0. The normalized spacial score (nSPS) is 16.4. The fraction of sp³-hybridized carbons (Fsp3) is 0.565. The van der Waals surface area contributed by atoms with Gasteiger partial charge in [-0.2, -0.15) is 0 Å². The van der Waals surface area contributed by atoms with Crippen molar-refractivity contribution in [3.05, 3.63) is 30.2 Å². The van der Waals surface area contributed by atoms with Crippen molar-refractivity contribution in [1.82, 2.24) is 15.2 Å². The van der Waals surface area contributed by atoms with Crippen LogP contribution >= 0.6 is 0 Å². The second kappa shape index (κ2) is 10.1. The number of carbonyl (C=O) groups is 3. The minimum atomic E-state index is -1.03. The number of fused-ring (bicyclic) bond motifs is 1. The van der Waals surface area contributed by atoms with Crippen molar-refractivity contribution in [2.75, 3.05) is 26.3 Å². The summed E-state index contributed by atoms with van der Waals surface area (Å²) in [7, 11) is 0. The van der Waals surface area contributed by atoms with Crippen molar-refractivity contribution < 1.29 is 28.3 Å². The van der Waals surface area contributed by atoms with E-state index in [4.69, 9.17) is 13.9 Å². The van der Waals surface area contributed by atoms with E-state index in [1.807, 2.05) is 20.8 Å². The predicted octanol–water partition coefficient (Wildman–Crippen LogP) is 3.18. The minimum absolute atomic E-state index is 0.0592. The van der Waals surface area contributed by atoms with E-state index < -0.39 is 29.9 Å². The molecule has 2 amide bonds. The molecular weight excluding hydrogens is 414 g/mol. The van der Waals surface area contributed by atoms with Gasteiger partial charge >= 0.3 is 6.09 Å². The van der Waals surface area contributed by atoms with Gasteiger partial charge in [0.05, 0.1) is 19.3 Å². The molecule has 174 valence electrons. The highest BCUT2D eigenvalue weighted by atomic mass is 16.6.